The summed E-state index contributed by atoms with van der Waals surface area (Å²) in [5, 5.41) is 0.385. The average molecular weight is 277 g/mol. The first-order valence-corrected chi connectivity index (χ1v) is 5.68. The lowest BCUT2D eigenvalue weighted by atomic mass is 10.3. The van der Waals surface area contributed by atoms with Crippen molar-refractivity contribution in [3.05, 3.63) is 59.1 Å². The highest BCUT2D eigenvalue weighted by Gasteiger charge is 2.10. The van der Waals surface area contributed by atoms with Crippen molar-refractivity contribution in [2.24, 2.45) is 0 Å². The van der Waals surface area contributed by atoms with Crippen LogP contribution in [0.4, 0.5) is 0 Å². The number of carbonyl (C=O) groups excluding carboxylic acids is 2. The molecular formula is C12H9ClN4O2. The Morgan fingerprint density at radius 1 is 0.947 bits per heavy atom. The maximum absolute atomic E-state index is 11.7. The van der Waals surface area contributed by atoms with Crippen LogP contribution < -0.4 is 10.9 Å². The lowest BCUT2D eigenvalue weighted by Gasteiger charge is -2.06. The molecular weight excluding hydrogens is 268 g/mol. The largest absolute Gasteiger partial charge is 0.288 e. The summed E-state index contributed by atoms with van der Waals surface area (Å²) in [7, 11) is 0. The number of nitrogens with one attached hydrogen (secondary N) is 2. The zero-order valence-corrected chi connectivity index (χ0v) is 10.4. The predicted octanol–water partition coefficient (Wildman–Crippen LogP) is 1.20. The Kier molecular flexibility index (Phi) is 4.04. The van der Waals surface area contributed by atoms with E-state index < -0.39 is 11.8 Å². The Morgan fingerprint density at radius 3 is 2.26 bits per heavy atom. The standard InChI is InChI=1S/C12H9ClN4O2/c13-8-4-6-15-10(7-8)12(19)17-16-11(18)9-3-1-2-5-14-9/h1-7H,(H,16,18)(H,17,19). The molecule has 0 aliphatic carbocycles. The first kappa shape index (κ1) is 13.0. The van der Waals surface area contributed by atoms with Gasteiger partial charge >= 0.3 is 0 Å². The van der Waals surface area contributed by atoms with Gasteiger partial charge in [-0.1, -0.05) is 17.7 Å². The van der Waals surface area contributed by atoms with Gasteiger partial charge in [0, 0.05) is 17.4 Å². The summed E-state index contributed by atoms with van der Waals surface area (Å²) < 4.78 is 0. The highest BCUT2D eigenvalue weighted by molar-refractivity contribution is 6.30. The van der Waals surface area contributed by atoms with Crippen LogP contribution in [0.2, 0.25) is 5.02 Å². The van der Waals surface area contributed by atoms with Crippen LogP contribution in [0.15, 0.2) is 42.7 Å². The normalized spacial score (nSPS) is 9.74. The van der Waals surface area contributed by atoms with Gasteiger partial charge in [0.1, 0.15) is 11.4 Å². The first-order valence-electron chi connectivity index (χ1n) is 5.30. The summed E-state index contributed by atoms with van der Waals surface area (Å²) in [6.07, 6.45) is 2.88. The van der Waals surface area contributed by atoms with Gasteiger partial charge in [0.05, 0.1) is 0 Å². The fraction of sp³-hybridized carbons (Fsp3) is 0. The summed E-state index contributed by atoms with van der Waals surface area (Å²) in [4.78, 5) is 30.9. The van der Waals surface area contributed by atoms with Gasteiger partial charge in [-0.3, -0.25) is 30.4 Å². The number of hydrogen-bond acceptors (Lipinski definition) is 4. The molecule has 0 aliphatic rings. The summed E-state index contributed by atoms with van der Waals surface area (Å²) in [6, 6.07) is 7.82. The van der Waals surface area contributed by atoms with Crippen molar-refractivity contribution in [2.75, 3.05) is 0 Å². The number of hydrogen-bond donors (Lipinski definition) is 2. The summed E-state index contributed by atoms with van der Waals surface area (Å²) >= 11 is 5.73. The summed E-state index contributed by atoms with van der Waals surface area (Å²) in [5.74, 6) is -1.08. The van der Waals surface area contributed by atoms with Crippen LogP contribution in [0, 0.1) is 0 Å². The van der Waals surface area contributed by atoms with E-state index in [1.807, 2.05) is 0 Å². The Morgan fingerprint density at radius 2 is 1.63 bits per heavy atom. The van der Waals surface area contributed by atoms with Crippen molar-refractivity contribution in [1.29, 1.82) is 0 Å². The molecule has 2 rings (SSSR count). The van der Waals surface area contributed by atoms with Crippen LogP contribution in [0.3, 0.4) is 0 Å². The number of aromatic nitrogens is 2. The van der Waals surface area contributed by atoms with Gasteiger partial charge < -0.3 is 0 Å². The van der Waals surface area contributed by atoms with Gasteiger partial charge in [-0.2, -0.15) is 0 Å². The van der Waals surface area contributed by atoms with E-state index in [0.29, 0.717) is 5.02 Å². The molecule has 0 unspecified atom stereocenters. The molecule has 0 aromatic carbocycles. The Hall–Kier alpha value is -2.47. The van der Waals surface area contributed by atoms with E-state index in [0.717, 1.165) is 0 Å². The van der Waals surface area contributed by atoms with Crippen LogP contribution in [-0.2, 0) is 0 Å². The molecule has 2 aromatic rings. The fourth-order valence-electron chi connectivity index (χ4n) is 1.27. The molecule has 2 amide bonds. The number of halogens is 1. The minimum Gasteiger partial charge on any atom is -0.266 e. The van der Waals surface area contributed by atoms with Crippen LogP contribution in [-0.4, -0.2) is 21.8 Å². The molecule has 0 spiro atoms. The Labute approximate surface area is 113 Å². The molecule has 7 heteroatoms. The Balaban J connectivity index is 1.96. The van der Waals surface area contributed by atoms with E-state index in [9.17, 15) is 9.59 Å². The number of amides is 2. The quantitative estimate of drug-likeness (QED) is 0.808. The van der Waals surface area contributed by atoms with Crippen molar-refractivity contribution in [1.82, 2.24) is 20.8 Å². The molecule has 0 saturated carbocycles. The lowest BCUT2D eigenvalue weighted by Crippen LogP contribution is -2.42. The topological polar surface area (TPSA) is 84.0 Å². The van der Waals surface area contributed by atoms with Crippen molar-refractivity contribution in [2.45, 2.75) is 0 Å². The van der Waals surface area contributed by atoms with Gasteiger partial charge in [-0.05, 0) is 24.3 Å². The number of nitrogens with zero attached hydrogens (tertiary/aromatic N) is 2. The molecule has 0 saturated heterocycles. The van der Waals surface area contributed by atoms with E-state index in [1.54, 1.807) is 18.2 Å². The Bertz CT molecular complexity index is 604. The van der Waals surface area contributed by atoms with Gasteiger partial charge in [-0.15, -0.1) is 0 Å². The van der Waals surface area contributed by atoms with Crippen LogP contribution in [0.1, 0.15) is 21.0 Å². The second-order valence-corrected chi connectivity index (χ2v) is 3.92. The summed E-state index contributed by atoms with van der Waals surface area (Å²) in [5.41, 5.74) is 4.76. The SMILES string of the molecule is O=C(NNC(=O)c1cc(Cl)ccn1)c1ccccn1. The van der Waals surface area contributed by atoms with Gasteiger partial charge in [0.15, 0.2) is 0 Å². The lowest BCUT2D eigenvalue weighted by molar-refractivity contribution is 0.0841. The monoisotopic (exact) mass is 276 g/mol. The van der Waals surface area contributed by atoms with Gasteiger partial charge in [0.2, 0.25) is 0 Å². The third kappa shape index (κ3) is 3.49. The van der Waals surface area contributed by atoms with E-state index in [-0.39, 0.29) is 11.4 Å². The molecule has 2 heterocycles. The minimum absolute atomic E-state index is 0.105. The molecule has 2 aromatic heterocycles. The second-order valence-electron chi connectivity index (χ2n) is 3.48. The highest BCUT2D eigenvalue weighted by Crippen LogP contribution is 2.07. The molecule has 0 aliphatic heterocycles. The maximum atomic E-state index is 11.7. The fourth-order valence-corrected chi connectivity index (χ4v) is 1.43. The van der Waals surface area contributed by atoms with Crippen LogP contribution in [0.5, 0.6) is 0 Å². The first-order chi connectivity index (χ1) is 9.16. The molecule has 19 heavy (non-hydrogen) atoms. The highest BCUT2D eigenvalue weighted by atomic mass is 35.5. The third-order valence-electron chi connectivity index (χ3n) is 2.14. The van der Waals surface area contributed by atoms with Gasteiger partial charge in [-0.25, -0.2) is 0 Å². The van der Waals surface area contributed by atoms with Crippen molar-refractivity contribution < 1.29 is 9.59 Å². The van der Waals surface area contributed by atoms with Crippen molar-refractivity contribution in [3.63, 3.8) is 0 Å². The van der Waals surface area contributed by atoms with E-state index in [1.165, 1.54) is 24.5 Å². The number of carbonyl (C=O) groups is 2. The minimum atomic E-state index is -0.563. The molecule has 6 nitrogen and oxygen atoms in total. The number of hydrazine groups is 1. The predicted molar refractivity (Wildman–Crippen MR) is 68.4 cm³/mol. The third-order valence-corrected chi connectivity index (χ3v) is 2.38. The second kappa shape index (κ2) is 5.92. The van der Waals surface area contributed by atoms with Gasteiger partial charge in [0.25, 0.3) is 11.8 Å². The smallest absolute Gasteiger partial charge is 0.266 e. The zero-order valence-electron chi connectivity index (χ0n) is 9.63. The molecule has 0 radical (unpaired) electrons. The average Bonchev–Trinajstić information content (AvgIpc) is 2.45. The molecule has 0 atom stereocenters. The maximum Gasteiger partial charge on any atom is 0.288 e. The van der Waals surface area contributed by atoms with Crippen LogP contribution >= 0.6 is 11.6 Å². The van der Waals surface area contributed by atoms with Crippen LogP contribution in [0.25, 0.3) is 0 Å². The van der Waals surface area contributed by atoms with E-state index >= 15 is 0 Å². The van der Waals surface area contributed by atoms with Crippen molar-refractivity contribution in [3.8, 4) is 0 Å². The summed E-state index contributed by atoms with van der Waals surface area (Å²) in [6.45, 7) is 0. The molecule has 0 bridgehead atoms. The van der Waals surface area contributed by atoms with E-state index in [4.69, 9.17) is 11.6 Å². The number of pyridine rings is 2. The number of rotatable bonds is 2. The molecule has 2 N–H and O–H groups in total. The van der Waals surface area contributed by atoms with E-state index in [2.05, 4.69) is 20.8 Å². The van der Waals surface area contributed by atoms with Crippen molar-refractivity contribution >= 4 is 23.4 Å². The molecule has 96 valence electrons. The molecule has 0 fully saturated rings. The zero-order chi connectivity index (χ0) is 13.7.